The van der Waals surface area contributed by atoms with Gasteiger partial charge in [-0.15, -0.1) is 0 Å². The van der Waals surface area contributed by atoms with Crippen LogP contribution in [0.1, 0.15) is 30.1 Å². The van der Waals surface area contributed by atoms with Gasteiger partial charge in [-0.3, -0.25) is 14.8 Å². The van der Waals surface area contributed by atoms with E-state index in [0.717, 1.165) is 69.8 Å². The molecule has 2 aromatic carbocycles. The first-order valence-corrected chi connectivity index (χ1v) is 10.7. The average Bonchev–Trinajstić information content (AvgIpc) is 2.83. The van der Waals surface area contributed by atoms with Crippen LogP contribution in [0.2, 0.25) is 0 Å². The lowest BCUT2D eigenvalue weighted by atomic mass is 9.98. The monoisotopic (exact) mass is 407 g/mol. The highest BCUT2D eigenvalue weighted by Gasteiger charge is 2.22. The largest absolute Gasteiger partial charge is 0.339 e. The number of nitrogens with zero attached hydrogens (tertiary/aromatic N) is 5. The van der Waals surface area contributed by atoms with Crippen LogP contribution >= 0.6 is 0 Å². The van der Waals surface area contributed by atoms with Gasteiger partial charge in [0.15, 0.2) is 0 Å². The maximum absolute atomic E-state index is 13.1. The molecule has 6 heteroatoms. The molecule has 1 amide bonds. The molecular formula is C25H21N5O. The van der Waals surface area contributed by atoms with Gasteiger partial charge in [0.05, 0.1) is 33.1 Å². The minimum absolute atomic E-state index is 0.0740. The molecule has 0 bridgehead atoms. The van der Waals surface area contributed by atoms with Crippen LogP contribution < -0.4 is 0 Å². The summed E-state index contributed by atoms with van der Waals surface area (Å²) in [6, 6.07) is 13.5. The second-order valence-corrected chi connectivity index (χ2v) is 8.40. The third kappa shape index (κ3) is 2.90. The van der Waals surface area contributed by atoms with Crippen molar-refractivity contribution in [1.29, 1.82) is 0 Å². The molecule has 4 heterocycles. The fraction of sp³-hybridized carbons (Fsp3) is 0.240. The van der Waals surface area contributed by atoms with Crippen molar-refractivity contribution in [3.8, 4) is 0 Å². The number of pyridine rings is 2. The standard InChI is InChI=1S/C25H21N5O/c1-15-8-12-30(13-9-15)25(31)16-6-7-19-20(14-16)29-24-18-5-3-11-27-22(18)21-17(23(24)28-19)4-2-10-26-21/h2-7,10-11,14-15H,8-9,12-13H2,1H3. The van der Waals surface area contributed by atoms with E-state index in [1.54, 1.807) is 12.4 Å². The fourth-order valence-corrected chi connectivity index (χ4v) is 4.53. The van der Waals surface area contributed by atoms with Crippen molar-refractivity contribution in [2.24, 2.45) is 5.92 Å². The molecular weight excluding hydrogens is 386 g/mol. The molecule has 0 N–H and O–H groups in total. The highest BCUT2D eigenvalue weighted by Crippen LogP contribution is 2.32. The van der Waals surface area contributed by atoms with E-state index in [4.69, 9.17) is 9.97 Å². The number of likely N-dealkylation sites (tertiary alicyclic amines) is 1. The number of rotatable bonds is 1. The molecule has 1 saturated heterocycles. The van der Waals surface area contributed by atoms with Crippen LogP contribution in [0.4, 0.5) is 0 Å². The van der Waals surface area contributed by atoms with Gasteiger partial charge < -0.3 is 4.90 Å². The van der Waals surface area contributed by atoms with Gasteiger partial charge in [0.1, 0.15) is 0 Å². The van der Waals surface area contributed by atoms with Gasteiger partial charge >= 0.3 is 0 Å². The second-order valence-electron chi connectivity index (χ2n) is 8.40. The molecule has 6 nitrogen and oxygen atoms in total. The lowest BCUT2D eigenvalue weighted by Crippen LogP contribution is -2.37. The van der Waals surface area contributed by atoms with E-state index < -0.39 is 0 Å². The Bertz CT molecular complexity index is 1490. The number of amides is 1. The third-order valence-corrected chi connectivity index (χ3v) is 6.33. The van der Waals surface area contributed by atoms with Crippen molar-refractivity contribution < 1.29 is 4.79 Å². The molecule has 152 valence electrons. The molecule has 6 rings (SSSR count). The lowest BCUT2D eigenvalue weighted by Gasteiger charge is -2.30. The molecule has 0 radical (unpaired) electrons. The van der Waals surface area contributed by atoms with Crippen LogP contribution in [-0.2, 0) is 0 Å². The van der Waals surface area contributed by atoms with Gasteiger partial charge in [0, 0.05) is 41.8 Å². The average molecular weight is 407 g/mol. The minimum atomic E-state index is 0.0740. The Morgan fingerprint density at radius 2 is 1.45 bits per heavy atom. The maximum Gasteiger partial charge on any atom is 0.253 e. The number of hydrogen-bond donors (Lipinski definition) is 0. The number of benzene rings is 2. The van der Waals surface area contributed by atoms with Crippen LogP contribution in [0.15, 0.2) is 54.9 Å². The van der Waals surface area contributed by atoms with E-state index in [2.05, 4.69) is 16.9 Å². The molecule has 0 aliphatic carbocycles. The van der Waals surface area contributed by atoms with Crippen LogP contribution in [0.3, 0.4) is 0 Å². The Kier molecular flexibility index (Phi) is 4.06. The van der Waals surface area contributed by atoms with Crippen LogP contribution in [-0.4, -0.2) is 43.8 Å². The highest BCUT2D eigenvalue weighted by molar-refractivity contribution is 6.21. The molecule has 0 spiro atoms. The van der Waals surface area contributed by atoms with E-state index in [1.165, 1.54) is 0 Å². The Hall–Kier alpha value is -3.67. The smallest absolute Gasteiger partial charge is 0.253 e. The molecule has 3 aromatic heterocycles. The molecule has 1 aliphatic heterocycles. The van der Waals surface area contributed by atoms with E-state index in [1.807, 2.05) is 47.4 Å². The Balaban J connectivity index is 1.56. The number of piperidine rings is 1. The summed E-state index contributed by atoms with van der Waals surface area (Å²) < 4.78 is 0. The summed E-state index contributed by atoms with van der Waals surface area (Å²) in [7, 11) is 0. The van der Waals surface area contributed by atoms with Crippen molar-refractivity contribution in [3.05, 3.63) is 60.4 Å². The van der Waals surface area contributed by atoms with Crippen molar-refractivity contribution in [3.63, 3.8) is 0 Å². The van der Waals surface area contributed by atoms with Crippen molar-refractivity contribution in [2.75, 3.05) is 13.1 Å². The van der Waals surface area contributed by atoms with Crippen molar-refractivity contribution >= 4 is 49.8 Å². The van der Waals surface area contributed by atoms with Gasteiger partial charge in [-0.25, -0.2) is 9.97 Å². The predicted octanol–water partition coefficient (Wildman–Crippen LogP) is 4.75. The Labute approximate surface area is 179 Å². The maximum atomic E-state index is 13.1. The van der Waals surface area contributed by atoms with Gasteiger partial charge in [-0.05, 0) is 61.2 Å². The summed E-state index contributed by atoms with van der Waals surface area (Å²) in [5.41, 5.74) is 5.38. The van der Waals surface area contributed by atoms with Gasteiger partial charge in [-0.2, -0.15) is 0 Å². The number of fused-ring (bicyclic) bond motifs is 7. The predicted molar refractivity (Wildman–Crippen MR) is 122 cm³/mol. The summed E-state index contributed by atoms with van der Waals surface area (Å²) in [5, 5.41) is 1.85. The fourth-order valence-electron chi connectivity index (χ4n) is 4.53. The molecule has 1 fully saturated rings. The van der Waals surface area contributed by atoms with Crippen molar-refractivity contribution in [2.45, 2.75) is 19.8 Å². The van der Waals surface area contributed by atoms with E-state index in [0.29, 0.717) is 11.5 Å². The lowest BCUT2D eigenvalue weighted by molar-refractivity contribution is 0.0697. The van der Waals surface area contributed by atoms with Gasteiger partial charge in [-0.1, -0.05) is 6.92 Å². The van der Waals surface area contributed by atoms with Crippen molar-refractivity contribution in [1.82, 2.24) is 24.8 Å². The van der Waals surface area contributed by atoms with Crippen LogP contribution in [0, 0.1) is 5.92 Å². The molecule has 5 aromatic rings. The Morgan fingerprint density at radius 1 is 0.839 bits per heavy atom. The zero-order valence-corrected chi connectivity index (χ0v) is 17.2. The summed E-state index contributed by atoms with van der Waals surface area (Å²) >= 11 is 0. The zero-order valence-electron chi connectivity index (χ0n) is 17.2. The van der Waals surface area contributed by atoms with E-state index in [9.17, 15) is 4.79 Å². The number of aromatic nitrogens is 4. The summed E-state index contributed by atoms with van der Waals surface area (Å²) in [5.74, 6) is 0.758. The third-order valence-electron chi connectivity index (χ3n) is 6.33. The summed E-state index contributed by atoms with van der Waals surface area (Å²) in [6.07, 6.45) is 5.66. The van der Waals surface area contributed by atoms with E-state index >= 15 is 0 Å². The minimum Gasteiger partial charge on any atom is -0.339 e. The molecule has 31 heavy (non-hydrogen) atoms. The SMILES string of the molecule is CC1CCN(C(=O)c2ccc3nc4c5cccnc5c5ncccc5c4nc3c2)CC1. The van der Waals surface area contributed by atoms with E-state index in [-0.39, 0.29) is 5.91 Å². The molecule has 0 saturated carbocycles. The summed E-state index contributed by atoms with van der Waals surface area (Å²) in [6.45, 7) is 3.88. The molecule has 0 atom stereocenters. The normalized spacial score (nSPS) is 15.3. The number of carbonyl (C=O) groups excluding carboxylic acids is 1. The quantitative estimate of drug-likeness (QED) is 0.296. The highest BCUT2D eigenvalue weighted by atomic mass is 16.2. The first kappa shape index (κ1) is 18.1. The van der Waals surface area contributed by atoms with Gasteiger partial charge in [0.2, 0.25) is 0 Å². The Morgan fingerprint density at radius 3 is 2.10 bits per heavy atom. The number of carbonyl (C=O) groups is 1. The van der Waals surface area contributed by atoms with Crippen LogP contribution in [0.5, 0.6) is 0 Å². The zero-order chi connectivity index (χ0) is 20.9. The first-order chi connectivity index (χ1) is 15.2. The summed E-state index contributed by atoms with van der Waals surface area (Å²) in [4.78, 5) is 34.0. The number of hydrogen-bond acceptors (Lipinski definition) is 5. The van der Waals surface area contributed by atoms with Gasteiger partial charge in [0.25, 0.3) is 5.91 Å². The topological polar surface area (TPSA) is 71.9 Å². The first-order valence-electron chi connectivity index (χ1n) is 10.7. The van der Waals surface area contributed by atoms with Crippen LogP contribution in [0.25, 0.3) is 43.9 Å². The second kappa shape index (κ2) is 6.94. The molecule has 0 unspecified atom stereocenters. The molecule has 1 aliphatic rings.